The summed E-state index contributed by atoms with van der Waals surface area (Å²) in [5.41, 5.74) is 7.76. The third-order valence-electron chi connectivity index (χ3n) is 3.39. The molecule has 3 rings (SSSR count). The van der Waals surface area contributed by atoms with E-state index in [4.69, 9.17) is 10.5 Å². The van der Waals surface area contributed by atoms with E-state index in [9.17, 15) is 9.50 Å². The van der Waals surface area contributed by atoms with Gasteiger partial charge in [-0.3, -0.25) is 0 Å². The lowest BCUT2D eigenvalue weighted by atomic mass is 10.1. The third-order valence-corrected chi connectivity index (χ3v) is 3.39. The molecule has 0 aliphatic heterocycles. The van der Waals surface area contributed by atoms with Crippen LogP contribution < -0.4 is 15.8 Å². The fourth-order valence-corrected chi connectivity index (χ4v) is 2.25. The third kappa shape index (κ3) is 3.19. The zero-order valence-electron chi connectivity index (χ0n) is 12.8. The van der Waals surface area contributed by atoms with E-state index in [0.29, 0.717) is 22.6 Å². The predicted molar refractivity (Wildman–Crippen MR) is 89.8 cm³/mol. The Balaban J connectivity index is 1.93. The summed E-state index contributed by atoms with van der Waals surface area (Å²) in [6, 6.07) is 11.1. The maximum absolute atomic E-state index is 13.8. The highest BCUT2D eigenvalue weighted by molar-refractivity contribution is 5.74. The highest BCUT2D eigenvalue weighted by atomic mass is 19.1. The van der Waals surface area contributed by atoms with Crippen molar-refractivity contribution in [1.29, 1.82) is 0 Å². The van der Waals surface area contributed by atoms with E-state index in [1.165, 1.54) is 31.5 Å². The lowest BCUT2D eigenvalue weighted by Gasteiger charge is -2.11. The van der Waals surface area contributed by atoms with Crippen molar-refractivity contribution in [3.05, 3.63) is 54.5 Å². The van der Waals surface area contributed by atoms with Gasteiger partial charge in [0.15, 0.2) is 11.6 Å². The van der Waals surface area contributed by atoms with E-state index >= 15 is 0 Å². The van der Waals surface area contributed by atoms with E-state index in [1.807, 2.05) is 0 Å². The van der Waals surface area contributed by atoms with Gasteiger partial charge in [-0.15, -0.1) is 0 Å². The normalized spacial score (nSPS) is 10.4. The van der Waals surface area contributed by atoms with E-state index in [1.54, 1.807) is 24.3 Å². The van der Waals surface area contributed by atoms with Crippen LogP contribution in [0.2, 0.25) is 0 Å². The SMILES string of the molecule is COc1ccc(Nc2ccc(O)c(-c3ccnc(N)n3)c2)cc1F. The smallest absolute Gasteiger partial charge is 0.220 e. The highest BCUT2D eigenvalue weighted by Crippen LogP contribution is 2.32. The van der Waals surface area contributed by atoms with E-state index < -0.39 is 5.82 Å². The van der Waals surface area contributed by atoms with Crippen LogP contribution in [-0.2, 0) is 0 Å². The summed E-state index contributed by atoms with van der Waals surface area (Å²) in [5, 5.41) is 13.1. The second-order valence-corrected chi connectivity index (χ2v) is 5.01. The number of nitrogen functional groups attached to an aromatic ring is 1. The molecular formula is C17H15FN4O2. The van der Waals surface area contributed by atoms with Gasteiger partial charge >= 0.3 is 0 Å². The Kier molecular flexibility index (Phi) is 4.15. The second-order valence-electron chi connectivity index (χ2n) is 5.01. The largest absolute Gasteiger partial charge is 0.507 e. The standard InChI is InChI=1S/C17H15FN4O2/c1-24-16-5-3-11(9-13(16)18)21-10-2-4-15(23)12(8-10)14-6-7-20-17(19)22-14/h2-9,21,23H,1H3,(H2,19,20,22). The average Bonchev–Trinajstić information content (AvgIpc) is 2.57. The van der Waals surface area contributed by atoms with Crippen LogP contribution in [0.4, 0.5) is 21.7 Å². The summed E-state index contributed by atoms with van der Waals surface area (Å²) in [4.78, 5) is 7.92. The lowest BCUT2D eigenvalue weighted by molar-refractivity contribution is 0.386. The molecule has 0 bridgehead atoms. The summed E-state index contributed by atoms with van der Waals surface area (Å²) in [5.74, 6) is -0.129. The maximum Gasteiger partial charge on any atom is 0.220 e. The molecule has 1 heterocycles. The van der Waals surface area contributed by atoms with Gasteiger partial charge in [-0.05, 0) is 36.4 Å². The van der Waals surface area contributed by atoms with Crippen molar-refractivity contribution in [2.24, 2.45) is 0 Å². The molecule has 0 unspecified atom stereocenters. The zero-order valence-corrected chi connectivity index (χ0v) is 12.8. The van der Waals surface area contributed by atoms with Crippen LogP contribution >= 0.6 is 0 Å². The molecule has 24 heavy (non-hydrogen) atoms. The number of rotatable bonds is 4. The van der Waals surface area contributed by atoms with E-state index in [0.717, 1.165) is 0 Å². The molecule has 0 amide bonds. The first-order valence-corrected chi connectivity index (χ1v) is 7.09. The first kappa shape index (κ1) is 15.5. The Bertz CT molecular complexity index is 886. The number of nitrogens with zero attached hydrogens (tertiary/aromatic N) is 2. The van der Waals surface area contributed by atoms with Crippen LogP contribution in [0, 0.1) is 5.82 Å². The van der Waals surface area contributed by atoms with Crippen LogP contribution in [0.15, 0.2) is 48.7 Å². The molecule has 7 heteroatoms. The molecule has 0 saturated carbocycles. The summed E-state index contributed by atoms with van der Waals surface area (Å²) in [6.45, 7) is 0. The minimum atomic E-state index is -0.468. The first-order chi connectivity index (χ1) is 11.6. The molecular weight excluding hydrogens is 311 g/mol. The van der Waals surface area contributed by atoms with Crippen molar-refractivity contribution >= 4 is 17.3 Å². The van der Waals surface area contributed by atoms with Crippen molar-refractivity contribution in [1.82, 2.24) is 9.97 Å². The molecule has 0 aliphatic carbocycles. The number of phenols is 1. The van der Waals surface area contributed by atoms with Crippen molar-refractivity contribution in [3.63, 3.8) is 0 Å². The van der Waals surface area contributed by atoms with Gasteiger partial charge in [0.25, 0.3) is 0 Å². The highest BCUT2D eigenvalue weighted by Gasteiger charge is 2.09. The van der Waals surface area contributed by atoms with Gasteiger partial charge < -0.3 is 20.9 Å². The molecule has 3 aromatic rings. The Labute approximate surface area is 137 Å². The van der Waals surface area contributed by atoms with Crippen molar-refractivity contribution in [2.75, 3.05) is 18.2 Å². The number of aromatic hydroxyl groups is 1. The molecule has 4 N–H and O–H groups in total. The molecule has 0 atom stereocenters. The zero-order chi connectivity index (χ0) is 17.1. The fraction of sp³-hybridized carbons (Fsp3) is 0.0588. The van der Waals surface area contributed by atoms with Gasteiger partial charge in [-0.2, -0.15) is 0 Å². The monoisotopic (exact) mass is 326 g/mol. The number of benzene rings is 2. The number of aromatic nitrogens is 2. The lowest BCUT2D eigenvalue weighted by Crippen LogP contribution is -1.97. The molecule has 0 fully saturated rings. The van der Waals surface area contributed by atoms with Crippen molar-refractivity contribution < 1.29 is 14.2 Å². The van der Waals surface area contributed by atoms with Crippen LogP contribution in [0.3, 0.4) is 0 Å². The van der Waals surface area contributed by atoms with Gasteiger partial charge in [0, 0.05) is 29.2 Å². The molecule has 122 valence electrons. The molecule has 0 radical (unpaired) electrons. The average molecular weight is 326 g/mol. The predicted octanol–water partition coefficient (Wildman–Crippen LogP) is 3.32. The van der Waals surface area contributed by atoms with Crippen molar-refractivity contribution in [2.45, 2.75) is 0 Å². The van der Waals surface area contributed by atoms with Crippen LogP contribution in [0.25, 0.3) is 11.3 Å². The number of anilines is 3. The molecule has 0 aliphatic rings. The molecule has 2 aromatic carbocycles. The van der Waals surface area contributed by atoms with Crippen LogP contribution in [0.1, 0.15) is 0 Å². The Hall–Kier alpha value is -3.35. The Morgan fingerprint density at radius 3 is 2.58 bits per heavy atom. The fourth-order valence-electron chi connectivity index (χ4n) is 2.25. The maximum atomic E-state index is 13.8. The molecule has 1 aromatic heterocycles. The van der Waals surface area contributed by atoms with Crippen molar-refractivity contribution in [3.8, 4) is 22.8 Å². The number of hydrogen-bond donors (Lipinski definition) is 3. The van der Waals surface area contributed by atoms with E-state index in [2.05, 4.69) is 15.3 Å². The van der Waals surface area contributed by atoms with Gasteiger partial charge in [0.1, 0.15) is 5.75 Å². The number of methoxy groups -OCH3 is 1. The van der Waals surface area contributed by atoms with Gasteiger partial charge in [-0.1, -0.05) is 0 Å². The number of hydrogen-bond acceptors (Lipinski definition) is 6. The summed E-state index contributed by atoms with van der Waals surface area (Å²) < 4.78 is 18.7. The summed E-state index contributed by atoms with van der Waals surface area (Å²) in [7, 11) is 1.41. The topological polar surface area (TPSA) is 93.3 Å². The number of nitrogens with one attached hydrogen (secondary N) is 1. The van der Waals surface area contributed by atoms with Gasteiger partial charge in [0.05, 0.1) is 12.8 Å². The minimum absolute atomic E-state index is 0.0551. The summed E-state index contributed by atoms with van der Waals surface area (Å²) >= 11 is 0. The minimum Gasteiger partial charge on any atom is -0.507 e. The number of ether oxygens (including phenoxy) is 1. The number of phenolic OH excluding ortho intramolecular Hbond substituents is 1. The van der Waals surface area contributed by atoms with Gasteiger partial charge in [-0.25, -0.2) is 14.4 Å². The molecule has 0 saturated heterocycles. The Morgan fingerprint density at radius 1 is 1.12 bits per heavy atom. The summed E-state index contributed by atoms with van der Waals surface area (Å²) in [6.07, 6.45) is 1.51. The van der Waals surface area contributed by atoms with Gasteiger partial charge in [0.2, 0.25) is 5.95 Å². The molecule has 0 spiro atoms. The van der Waals surface area contributed by atoms with Crippen LogP contribution in [0.5, 0.6) is 11.5 Å². The first-order valence-electron chi connectivity index (χ1n) is 7.09. The Morgan fingerprint density at radius 2 is 1.88 bits per heavy atom. The van der Waals surface area contributed by atoms with Crippen LogP contribution in [-0.4, -0.2) is 22.2 Å². The number of halogens is 1. The number of nitrogens with two attached hydrogens (primary N) is 1. The quantitative estimate of drug-likeness (QED) is 0.637. The van der Waals surface area contributed by atoms with E-state index in [-0.39, 0.29) is 17.4 Å². The second kappa shape index (κ2) is 6.41. The molecule has 6 nitrogen and oxygen atoms in total.